The van der Waals surface area contributed by atoms with Crippen molar-refractivity contribution in [1.82, 2.24) is 9.55 Å². The summed E-state index contributed by atoms with van der Waals surface area (Å²) in [5.74, 6) is 2.07. The maximum atomic E-state index is 12.9. The molecule has 0 radical (unpaired) electrons. The van der Waals surface area contributed by atoms with E-state index in [1.54, 1.807) is 14.2 Å². The van der Waals surface area contributed by atoms with E-state index in [2.05, 4.69) is 12.2 Å². The molecule has 0 aliphatic heterocycles. The van der Waals surface area contributed by atoms with E-state index >= 15 is 0 Å². The summed E-state index contributed by atoms with van der Waals surface area (Å²) >= 11 is 0. The summed E-state index contributed by atoms with van der Waals surface area (Å²) in [4.78, 5) is 17.7. The first kappa shape index (κ1) is 21.4. The van der Waals surface area contributed by atoms with Gasteiger partial charge in [-0.15, -0.1) is 0 Å². The third-order valence-corrected chi connectivity index (χ3v) is 5.64. The Balaban J connectivity index is 1.63. The van der Waals surface area contributed by atoms with Crippen LogP contribution in [0.25, 0.3) is 11.0 Å². The van der Waals surface area contributed by atoms with Gasteiger partial charge in [-0.25, -0.2) is 4.98 Å². The lowest BCUT2D eigenvalue weighted by Crippen LogP contribution is -2.20. The lowest BCUT2D eigenvalue weighted by atomic mass is 10.1. The SMILES string of the molecule is COc1ccc(Cc2nc3ccccc3n2CC(=O)Nc2ccc(C)c(C)c2)cc1OC. The number of carbonyl (C=O) groups excluding carboxylic acids is 1. The van der Waals surface area contributed by atoms with Crippen LogP contribution in [0.3, 0.4) is 0 Å². The van der Waals surface area contributed by atoms with Gasteiger partial charge in [-0.1, -0.05) is 24.3 Å². The smallest absolute Gasteiger partial charge is 0.244 e. The molecule has 1 aromatic heterocycles. The van der Waals surface area contributed by atoms with Crippen molar-refractivity contribution >= 4 is 22.6 Å². The van der Waals surface area contributed by atoms with Crippen molar-refractivity contribution in [2.45, 2.75) is 26.8 Å². The highest BCUT2D eigenvalue weighted by molar-refractivity contribution is 5.92. The van der Waals surface area contributed by atoms with Gasteiger partial charge in [0.2, 0.25) is 5.91 Å². The van der Waals surface area contributed by atoms with Crippen molar-refractivity contribution in [3.8, 4) is 11.5 Å². The van der Waals surface area contributed by atoms with Gasteiger partial charge in [-0.3, -0.25) is 4.79 Å². The van der Waals surface area contributed by atoms with Gasteiger partial charge in [0.05, 0.1) is 25.3 Å². The Kier molecular flexibility index (Phi) is 6.12. The fourth-order valence-electron chi connectivity index (χ4n) is 3.77. The van der Waals surface area contributed by atoms with Crippen LogP contribution in [0.4, 0.5) is 5.69 Å². The molecule has 4 rings (SSSR count). The van der Waals surface area contributed by atoms with E-state index in [-0.39, 0.29) is 12.5 Å². The highest BCUT2D eigenvalue weighted by atomic mass is 16.5. The van der Waals surface area contributed by atoms with Gasteiger partial charge in [-0.2, -0.15) is 0 Å². The van der Waals surface area contributed by atoms with E-state index in [1.807, 2.05) is 72.2 Å². The number of aryl methyl sites for hydroxylation is 2. The molecule has 0 atom stereocenters. The van der Waals surface area contributed by atoms with Crippen molar-refractivity contribution in [3.05, 3.63) is 83.2 Å². The Hall–Kier alpha value is -3.80. The number of hydrogen-bond donors (Lipinski definition) is 1. The average Bonchev–Trinajstić information content (AvgIpc) is 3.13. The molecule has 0 fully saturated rings. The van der Waals surface area contributed by atoms with E-state index in [9.17, 15) is 4.79 Å². The number of aromatic nitrogens is 2. The molecule has 4 aromatic rings. The van der Waals surface area contributed by atoms with Gasteiger partial charge in [0.25, 0.3) is 0 Å². The van der Waals surface area contributed by atoms with Crippen LogP contribution in [0.2, 0.25) is 0 Å². The topological polar surface area (TPSA) is 65.4 Å². The molecule has 6 heteroatoms. The van der Waals surface area contributed by atoms with Crippen LogP contribution in [-0.4, -0.2) is 29.7 Å². The Bertz CT molecular complexity index is 1280. The summed E-state index contributed by atoms with van der Waals surface area (Å²) in [7, 11) is 3.24. The highest BCUT2D eigenvalue weighted by Crippen LogP contribution is 2.29. The van der Waals surface area contributed by atoms with Crippen molar-refractivity contribution in [1.29, 1.82) is 0 Å². The zero-order valence-corrected chi connectivity index (χ0v) is 18.8. The second kappa shape index (κ2) is 9.14. The largest absolute Gasteiger partial charge is 0.493 e. The number of nitrogens with zero attached hydrogens (tertiary/aromatic N) is 2. The van der Waals surface area contributed by atoms with Crippen LogP contribution < -0.4 is 14.8 Å². The minimum atomic E-state index is -0.0926. The maximum Gasteiger partial charge on any atom is 0.244 e. The summed E-state index contributed by atoms with van der Waals surface area (Å²) in [5.41, 5.74) is 5.95. The number of rotatable bonds is 7. The third-order valence-electron chi connectivity index (χ3n) is 5.64. The van der Waals surface area contributed by atoms with Crippen molar-refractivity contribution in [2.75, 3.05) is 19.5 Å². The molecule has 0 aliphatic rings. The molecule has 32 heavy (non-hydrogen) atoms. The molecule has 0 spiro atoms. The fourth-order valence-corrected chi connectivity index (χ4v) is 3.77. The van der Waals surface area contributed by atoms with Crippen LogP contribution in [0.1, 0.15) is 22.5 Å². The Labute approximate surface area is 187 Å². The Morgan fingerprint density at radius 3 is 2.47 bits per heavy atom. The number of anilines is 1. The van der Waals surface area contributed by atoms with Crippen LogP contribution in [0.15, 0.2) is 60.7 Å². The number of benzene rings is 3. The third kappa shape index (κ3) is 4.44. The van der Waals surface area contributed by atoms with Gasteiger partial charge in [0.1, 0.15) is 12.4 Å². The van der Waals surface area contributed by atoms with E-state index < -0.39 is 0 Å². The molecule has 0 bridgehead atoms. The molecule has 0 aliphatic carbocycles. The van der Waals surface area contributed by atoms with Gasteiger partial charge < -0.3 is 19.4 Å². The van der Waals surface area contributed by atoms with E-state index in [0.717, 1.165) is 33.7 Å². The minimum Gasteiger partial charge on any atom is -0.493 e. The fraction of sp³-hybridized carbons (Fsp3) is 0.231. The number of imidazole rings is 1. The number of methoxy groups -OCH3 is 2. The summed E-state index contributed by atoms with van der Waals surface area (Å²) in [6.45, 7) is 4.27. The number of amides is 1. The normalized spacial score (nSPS) is 10.9. The maximum absolute atomic E-state index is 12.9. The lowest BCUT2D eigenvalue weighted by molar-refractivity contribution is -0.116. The van der Waals surface area contributed by atoms with Crippen molar-refractivity contribution < 1.29 is 14.3 Å². The molecule has 164 valence electrons. The van der Waals surface area contributed by atoms with E-state index in [0.29, 0.717) is 17.9 Å². The lowest BCUT2D eigenvalue weighted by Gasteiger charge is -2.12. The zero-order chi connectivity index (χ0) is 22.7. The molecule has 0 unspecified atom stereocenters. The van der Waals surface area contributed by atoms with Crippen molar-refractivity contribution in [2.24, 2.45) is 0 Å². The predicted octanol–water partition coefficient (Wildman–Crippen LogP) is 4.90. The first-order valence-corrected chi connectivity index (χ1v) is 10.5. The van der Waals surface area contributed by atoms with Gasteiger partial charge in [0.15, 0.2) is 11.5 Å². The van der Waals surface area contributed by atoms with Crippen LogP contribution >= 0.6 is 0 Å². The summed E-state index contributed by atoms with van der Waals surface area (Å²) in [6.07, 6.45) is 0.561. The minimum absolute atomic E-state index is 0.0926. The molecular formula is C26H27N3O3. The number of carbonyl (C=O) groups is 1. The van der Waals surface area contributed by atoms with Crippen LogP contribution in [0.5, 0.6) is 11.5 Å². The Morgan fingerprint density at radius 1 is 0.938 bits per heavy atom. The predicted molar refractivity (Wildman–Crippen MR) is 127 cm³/mol. The van der Waals surface area contributed by atoms with E-state index in [4.69, 9.17) is 14.5 Å². The number of hydrogen-bond acceptors (Lipinski definition) is 4. The first-order chi connectivity index (χ1) is 15.5. The number of ether oxygens (including phenoxy) is 2. The number of nitrogens with one attached hydrogen (secondary N) is 1. The van der Waals surface area contributed by atoms with Gasteiger partial charge >= 0.3 is 0 Å². The quantitative estimate of drug-likeness (QED) is 0.454. The summed E-state index contributed by atoms with van der Waals surface area (Å²) in [6, 6.07) is 19.6. The molecule has 1 heterocycles. The number of fused-ring (bicyclic) bond motifs is 1. The molecule has 1 amide bonds. The standard InChI is InChI=1S/C26H27N3O3/c1-17-9-11-20(13-18(17)2)27-26(30)16-29-22-8-6-5-7-21(22)28-25(29)15-19-10-12-23(31-3)24(14-19)32-4/h5-14H,15-16H2,1-4H3,(H,27,30). The summed E-state index contributed by atoms with van der Waals surface area (Å²) in [5, 5.41) is 3.01. The molecule has 1 N–H and O–H groups in total. The van der Waals surface area contributed by atoms with Crippen LogP contribution in [0, 0.1) is 13.8 Å². The molecule has 0 saturated heterocycles. The van der Waals surface area contributed by atoms with E-state index in [1.165, 1.54) is 5.56 Å². The van der Waals surface area contributed by atoms with Gasteiger partial charge in [-0.05, 0) is 66.9 Å². The molecule has 6 nitrogen and oxygen atoms in total. The average molecular weight is 430 g/mol. The first-order valence-electron chi connectivity index (χ1n) is 10.5. The number of para-hydroxylation sites is 2. The second-order valence-electron chi connectivity index (χ2n) is 7.82. The van der Waals surface area contributed by atoms with Crippen molar-refractivity contribution in [3.63, 3.8) is 0 Å². The molecule has 0 saturated carbocycles. The second-order valence-corrected chi connectivity index (χ2v) is 7.82. The summed E-state index contributed by atoms with van der Waals surface area (Å²) < 4.78 is 12.8. The van der Waals surface area contributed by atoms with Crippen LogP contribution in [-0.2, 0) is 17.8 Å². The highest BCUT2D eigenvalue weighted by Gasteiger charge is 2.15. The molecule has 3 aromatic carbocycles. The van der Waals surface area contributed by atoms with Gasteiger partial charge in [0, 0.05) is 12.1 Å². The monoisotopic (exact) mass is 429 g/mol. The Morgan fingerprint density at radius 2 is 1.72 bits per heavy atom. The zero-order valence-electron chi connectivity index (χ0n) is 18.8. The molecular weight excluding hydrogens is 402 g/mol.